The first kappa shape index (κ1) is 20.2. The van der Waals surface area contributed by atoms with Gasteiger partial charge in [-0.1, -0.05) is 25.1 Å². The van der Waals surface area contributed by atoms with Crippen molar-refractivity contribution in [3.05, 3.63) is 59.2 Å². The predicted octanol–water partition coefficient (Wildman–Crippen LogP) is 3.62. The first-order valence-corrected chi connectivity index (χ1v) is 9.81. The first-order valence-electron chi connectivity index (χ1n) is 9.81. The van der Waals surface area contributed by atoms with Gasteiger partial charge in [0.15, 0.2) is 11.5 Å². The first-order chi connectivity index (χ1) is 13.3. The van der Waals surface area contributed by atoms with Gasteiger partial charge in [0.05, 0.1) is 5.41 Å². The Labute approximate surface area is 167 Å². The Hall–Kier alpha value is -2.53. The number of hydrogen-bond donors (Lipinski definition) is 1. The number of carbonyl (C=O) groups excluding carboxylic acids is 1. The number of aryl methyl sites for hydroxylation is 1. The fourth-order valence-corrected chi connectivity index (χ4v) is 3.19. The highest BCUT2D eigenvalue weighted by molar-refractivity contribution is 5.94. The van der Waals surface area contributed by atoms with E-state index in [0.29, 0.717) is 12.1 Å². The molecule has 0 saturated carbocycles. The van der Waals surface area contributed by atoms with Crippen molar-refractivity contribution in [2.75, 3.05) is 27.2 Å². The molecule has 0 bridgehead atoms. The number of amides is 1. The van der Waals surface area contributed by atoms with E-state index in [0.717, 1.165) is 30.0 Å². The number of hydrogen-bond acceptors (Lipinski definition) is 4. The molecule has 150 valence electrons. The molecule has 0 radical (unpaired) electrons. The molecule has 0 saturated heterocycles. The molecular formula is C23H30N2O3. The molecule has 2 aromatic rings. The van der Waals surface area contributed by atoms with Crippen LogP contribution in [0.1, 0.15) is 42.3 Å². The van der Waals surface area contributed by atoms with Crippen molar-refractivity contribution < 1.29 is 14.3 Å². The van der Waals surface area contributed by atoms with Gasteiger partial charge in [-0.2, -0.15) is 0 Å². The maximum atomic E-state index is 12.3. The van der Waals surface area contributed by atoms with Crippen molar-refractivity contribution in [3.8, 4) is 11.5 Å². The van der Waals surface area contributed by atoms with Gasteiger partial charge in [-0.15, -0.1) is 0 Å². The molecule has 2 aromatic carbocycles. The molecule has 1 amide bonds. The number of likely N-dealkylation sites (N-methyl/N-ethyl adjacent to an activating group) is 1. The average molecular weight is 383 g/mol. The van der Waals surface area contributed by atoms with Crippen molar-refractivity contribution in [1.29, 1.82) is 0 Å². The van der Waals surface area contributed by atoms with Crippen LogP contribution in [0.3, 0.4) is 0 Å². The quantitative estimate of drug-likeness (QED) is 0.795. The molecule has 0 fully saturated rings. The van der Waals surface area contributed by atoms with Crippen LogP contribution in [0.15, 0.2) is 42.5 Å². The monoisotopic (exact) mass is 382 g/mol. The molecule has 1 heterocycles. The highest BCUT2D eigenvalue weighted by Gasteiger charge is 2.39. The van der Waals surface area contributed by atoms with E-state index in [1.807, 2.05) is 55.4 Å². The number of rotatable bonds is 7. The summed E-state index contributed by atoms with van der Waals surface area (Å²) in [6, 6.07) is 13.8. The van der Waals surface area contributed by atoms with Gasteiger partial charge in [0, 0.05) is 18.7 Å². The van der Waals surface area contributed by atoms with Gasteiger partial charge < -0.3 is 19.7 Å². The van der Waals surface area contributed by atoms with Crippen molar-refractivity contribution in [2.24, 2.45) is 0 Å². The highest BCUT2D eigenvalue weighted by atomic mass is 16.7. The Morgan fingerprint density at radius 1 is 1.07 bits per heavy atom. The third kappa shape index (κ3) is 4.30. The molecule has 0 spiro atoms. The fourth-order valence-electron chi connectivity index (χ4n) is 3.19. The van der Waals surface area contributed by atoms with Gasteiger partial charge in [-0.3, -0.25) is 4.79 Å². The van der Waals surface area contributed by atoms with Crippen LogP contribution in [0, 0.1) is 0 Å². The summed E-state index contributed by atoms with van der Waals surface area (Å²) in [5.74, 6) is 1.53. The SMILES string of the molecule is CCc1ccc2c(c1)OC(C(C)(C)c1ccc(C(=O)NCCN(C)C)cc1)O2. The topological polar surface area (TPSA) is 50.8 Å². The average Bonchev–Trinajstić information content (AvgIpc) is 3.11. The van der Waals surface area contributed by atoms with E-state index in [1.54, 1.807) is 0 Å². The summed E-state index contributed by atoms with van der Waals surface area (Å²) in [4.78, 5) is 14.3. The maximum Gasteiger partial charge on any atom is 0.251 e. The van der Waals surface area contributed by atoms with Gasteiger partial charge in [0.25, 0.3) is 12.2 Å². The minimum Gasteiger partial charge on any atom is -0.450 e. The summed E-state index contributed by atoms with van der Waals surface area (Å²) in [7, 11) is 3.97. The second-order valence-corrected chi connectivity index (χ2v) is 8.06. The third-order valence-corrected chi connectivity index (χ3v) is 5.21. The zero-order chi connectivity index (χ0) is 20.3. The van der Waals surface area contributed by atoms with Crippen molar-refractivity contribution in [3.63, 3.8) is 0 Å². The molecule has 1 N–H and O–H groups in total. The molecule has 0 aromatic heterocycles. The molecule has 5 nitrogen and oxygen atoms in total. The fraction of sp³-hybridized carbons (Fsp3) is 0.435. The van der Waals surface area contributed by atoms with Crippen LogP contribution in [-0.4, -0.2) is 44.3 Å². The summed E-state index contributed by atoms with van der Waals surface area (Å²) in [6.07, 6.45) is 0.553. The second-order valence-electron chi connectivity index (χ2n) is 8.06. The summed E-state index contributed by atoms with van der Waals surface area (Å²) in [5.41, 5.74) is 2.57. The number of fused-ring (bicyclic) bond motifs is 1. The molecular weight excluding hydrogens is 352 g/mol. The van der Waals surface area contributed by atoms with E-state index >= 15 is 0 Å². The molecule has 0 aliphatic carbocycles. The molecule has 28 heavy (non-hydrogen) atoms. The molecule has 1 aliphatic rings. The standard InChI is InChI=1S/C23H30N2O3/c1-6-16-7-12-19-20(15-16)28-22(27-19)23(2,3)18-10-8-17(9-11-18)21(26)24-13-14-25(4)5/h7-12,15,22H,6,13-14H2,1-5H3,(H,24,26). The lowest BCUT2D eigenvalue weighted by molar-refractivity contribution is -0.0105. The van der Waals surface area contributed by atoms with E-state index in [9.17, 15) is 4.79 Å². The molecule has 1 aliphatic heterocycles. The van der Waals surface area contributed by atoms with Gasteiger partial charge in [0.1, 0.15) is 0 Å². The number of nitrogens with zero attached hydrogens (tertiary/aromatic N) is 1. The van der Waals surface area contributed by atoms with Crippen LogP contribution in [0.4, 0.5) is 0 Å². The van der Waals surface area contributed by atoms with Gasteiger partial charge in [-0.05, 0) is 69.8 Å². The molecule has 3 rings (SSSR count). The van der Waals surface area contributed by atoms with Crippen molar-refractivity contribution in [1.82, 2.24) is 10.2 Å². The summed E-state index contributed by atoms with van der Waals surface area (Å²) in [6.45, 7) is 7.75. The van der Waals surface area contributed by atoms with Crippen LogP contribution < -0.4 is 14.8 Å². The lowest BCUT2D eigenvalue weighted by Crippen LogP contribution is -2.40. The Kier molecular flexibility index (Phi) is 5.94. The van der Waals surface area contributed by atoms with Gasteiger partial charge in [0.2, 0.25) is 0 Å². The van der Waals surface area contributed by atoms with Crippen LogP contribution in [0.25, 0.3) is 0 Å². The van der Waals surface area contributed by atoms with Crippen molar-refractivity contribution in [2.45, 2.75) is 38.9 Å². The van der Waals surface area contributed by atoms with E-state index in [2.05, 4.69) is 32.2 Å². The second kappa shape index (κ2) is 8.23. The van der Waals surface area contributed by atoms with Gasteiger partial charge in [-0.25, -0.2) is 0 Å². The normalized spacial score (nSPS) is 15.7. The smallest absolute Gasteiger partial charge is 0.251 e. The van der Waals surface area contributed by atoms with Crippen LogP contribution in [0.2, 0.25) is 0 Å². The van der Waals surface area contributed by atoms with Crippen molar-refractivity contribution >= 4 is 5.91 Å². The van der Waals surface area contributed by atoms with Crippen LogP contribution in [0.5, 0.6) is 11.5 Å². The number of nitrogens with one attached hydrogen (secondary N) is 1. The van der Waals surface area contributed by atoms with E-state index in [-0.39, 0.29) is 11.3 Å². The molecule has 5 heteroatoms. The van der Waals surface area contributed by atoms with Crippen LogP contribution in [-0.2, 0) is 11.8 Å². The Bertz CT molecular complexity index is 828. The number of benzene rings is 2. The Balaban J connectivity index is 1.68. The predicted molar refractivity (Wildman–Crippen MR) is 111 cm³/mol. The number of carbonyl (C=O) groups is 1. The third-order valence-electron chi connectivity index (χ3n) is 5.21. The van der Waals surface area contributed by atoms with E-state index in [1.165, 1.54) is 5.56 Å². The lowest BCUT2D eigenvalue weighted by atomic mass is 9.83. The highest BCUT2D eigenvalue weighted by Crippen LogP contribution is 2.42. The zero-order valence-electron chi connectivity index (χ0n) is 17.4. The largest absolute Gasteiger partial charge is 0.450 e. The minimum absolute atomic E-state index is 0.0564. The molecule has 1 atom stereocenters. The Morgan fingerprint density at radius 3 is 2.39 bits per heavy atom. The maximum absolute atomic E-state index is 12.3. The minimum atomic E-state index is -0.408. The van der Waals surface area contributed by atoms with Gasteiger partial charge >= 0.3 is 0 Å². The lowest BCUT2D eigenvalue weighted by Gasteiger charge is -2.30. The van der Waals surface area contributed by atoms with E-state index < -0.39 is 6.29 Å². The molecule has 1 unspecified atom stereocenters. The Morgan fingerprint density at radius 2 is 1.75 bits per heavy atom. The summed E-state index contributed by atoms with van der Waals surface area (Å²) < 4.78 is 12.2. The summed E-state index contributed by atoms with van der Waals surface area (Å²) >= 11 is 0. The summed E-state index contributed by atoms with van der Waals surface area (Å²) in [5, 5.41) is 2.94. The van der Waals surface area contributed by atoms with Crippen LogP contribution >= 0.6 is 0 Å². The van der Waals surface area contributed by atoms with E-state index in [4.69, 9.17) is 9.47 Å². The number of ether oxygens (including phenoxy) is 2. The zero-order valence-corrected chi connectivity index (χ0v) is 17.4.